The van der Waals surface area contributed by atoms with Gasteiger partial charge in [-0.2, -0.15) is 4.98 Å². The summed E-state index contributed by atoms with van der Waals surface area (Å²) in [6.45, 7) is 0.694. The molecular formula is C9H11ClN6. The minimum atomic E-state index is 0.179. The number of nitrogen functional groups attached to an aromatic ring is 1. The molecular weight excluding hydrogens is 228 g/mol. The molecule has 0 amide bonds. The van der Waals surface area contributed by atoms with Crippen molar-refractivity contribution in [2.24, 2.45) is 0 Å². The van der Waals surface area contributed by atoms with Crippen LogP contribution < -0.4 is 11.1 Å². The van der Waals surface area contributed by atoms with Gasteiger partial charge in [-0.1, -0.05) is 0 Å². The SMILES string of the molecule is Nc1cnc(Cl)nc1NCCc1cnc[nH]1. The van der Waals surface area contributed by atoms with Crippen molar-refractivity contribution in [3.8, 4) is 0 Å². The van der Waals surface area contributed by atoms with Crippen molar-refractivity contribution in [3.05, 3.63) is 29.7 Å². The van der Waals surface area contributed by atoms with E-state index in [9.17, 15) is 0 Å². The molecule has 2 rings (SSSR count). The van der Waals surface area contributed by atoms with Gasteiger partial charge in [0.1, 0.15) is 0 Å². The smallest absolute Gasteiger partial charge is 0.224 e. The van der Waals surface area contributed by atoms with Crippen LogP contribution in [0.4, 0.5) is 11.5 Å². The van der Waals surface area contributed by atoms with Crippen molar-refractivity contribution in [3.63, 3.8) is 0 Å². The summed E-state index contributed by atoms with van der Waals surface area (Å²) in [5.41, 5.74) is 7.21. The van der Waals surface area contributed by atoms with Gasteiger partial charge in [-0.05, 0) is 11.6 Å². The quantitative estimate of drug-likeness (QED) is 0.694. The summed E-state index contributed by atoms with van der Waals surface area (Å²) in [5, 5.41) is 3.26. The molecule has 0 aromatic carbocycles. The summed E-state index contributed by atoms with van der Waals surface area (Å²) in [6, 6.07) is 0. The molecule has 6 nitrogen and oxygen atoms in total. The number of halogens is 1. The van der Waals surface area contributed by atoms with Crippen molar-refractivity contribution >= 4 is 23.1 Å². The fourth-order valence-corrected chi connectivity index (χ4v) is 1.38. The van der Waals surface area contributed by atoms with Gasteiger partial charge in [0.25, 0.3) is 0 Å². The Hall–Kier alpha value is -1.82. The standard InChI is InChI=1S/C9H11ClN6/c10-9-14-4-7(11)8(16-9)13-2-1-6-3-12-5-15-6/h3-5H,1-2,11H2,(H,12,15)(H,13,14,16). The normalized spacial score (nSPS) is 10.3. The molecule has 2 aromatic rings. The Morgan fingerprint density at radius 1 is 1.44 bits per heavy atom. The molecule has 0 saturated carbocycles. The van der Waals surface area contributed by atoms with E-state index in [1.165, 1.54) is 6.20 Å². The molecule has 7 heteroatoms. The number of nitrogens with zero attached hydrogens (tertiary/aromatic N) is 3. The van der Waals surface area contributed by atoms with Crippen molar-refractivity contribution in [2.75, 3.05) is 17.6 Å². The van der Waals surface area contributed by atoms with Crippen LogP contribution in [0.25, 0.3) is 0 Å². The van der Waals surface area contributed by atoms with Crippen LogP contribution in [0.5, 0.6) is 0 Å². The summed E-state index contributed by atoms with van der Waals surface area (Å²) >= 11 is 5.66. The van der Waals surface area contributed by atoms with E-state index in [0.717, 1.165) is 12.1 Å². The van der Waals surface area contributed by atoms with Crippen LogP contribution in [0.3, 0.4) is 0 Å². The van der Waals surface area contributed by atoms with Gasteiger partial charge in [-0.25, -0.2) is 9.97 Å². The minimum absolute atomic E-state index is 0.179. The highest BCUT2D eigenvalue weighted by Crippen LogP contribution is 2.15. The molecule has 0 aliphatic rings. The van der Waals surface area contributed by atoms with Crippen LogP contribution in [-0.4, -0.2) is 26.5 Å². The molecule has 0 unspecified atom stereocenters. The second-order valence-electron chi connectivity index (χ2n) is 3.20. The third kappa shape index (κ3) is 2.60. The van der Waals surface area contributed by atoms with Crippen LogP contribution in [0.15, 0.2) is 18.7 Å². The maximum Gasteiger partial charge on any atom is 0.224 e. The predicted molar refractivity (Wildman–Crippen MR) is 62.2 cm³/mol. The second-order valence-corrected chi connectivity index (χ2v) is 3.53. The van der Waals surface area contributed by atoms with Gasteiger partial charge in [0.15, 0.2) is 5.82 Å². The first kappa shape index (κ1) is 10.7. The Morgan fingerprint density at radius 3 is 3.06 bits per heavy atom. The number of imidazole rings is 1. The number of nitrogens with two attached hydrogens (primary N) is 1. The average Bonchev–Trinajstić information content (AvgIpc) is 2.76. The van der Waals surface area contributed by atoms with Crippen LogP contribution in [0.1, 0.15) is 5.69 Å². The van der Waals surface area contributed by atoms with E-state index >= 15 is 0 Å². The first-order chi connectivity index (χ1) is 7.75. The largest absolute Gasteiger partial charge is 0.394 e. The molecule has 84 valence electrons. The average molecular weight is 239 g/mol. The monoisotopic (exact) mass is 238 g/mol. The van der Waals surface area contributed by atoms with Gasteiger partial charge in [0.05, 0.1) is 18.2 Å². The number of anilines is 2. The number of aromatic amines is 1. The summed E-state index contributed by atoms with van der Waals surface area (Å²) < 4.78 is 0. The van der Waals surface area contributed by atoms with Gasteiger partial charge in [-0.3, -0.25) is 0 Å². The van der Waals surface area contributed by atoms with E-state index in [1.54, 1.807) is 12.5 Å². The number of aromatic nitrogens is 4. The van der Waals surface area contributed by atoms with E-state index in [0.29, 0.717) is 18.1 Å². The van der Waals surface area contributed by atoms with Crippen molar-refractivity contribution in [1.29, 1.82) is 0 Å². The lowest BCUT2D eigenvalue weighted by molar-refractivity contribution is 0.965. The number of nitrogens with one attached hydrogen (secondary N) is 2. The highest BCUT2D eigenvalue weighted by atomic mass is 35.5. The zero-order chi connectivity index (χ0) is 11.4. The Labute approximate surface area is 97.3 Å². The van der Waals surface area contributed by atoms with E-state index in [1.807, 2.05) is 0 Å². The fourth-order valence-electron chi connectivity index (χ4n) is 1.25. The van der Waals surface area contributed by atoms with Crippen LogP contribution in [-0.2, 0) is 6.42 Å². The van der Waals surface area contributed by atoms with E-state index in [4.69, 9.17) is 17.3 Å². The van der Waals surface area contributed by atoms with Crippen LogP contribution >= 0.6 is 11.6 Å². The van der Waals surface area contributed by atoms with Gasteiger partial charge < -0.3 is 16.0 Å². The molecule has 16 heavy (non-hydrogen) atoms. The number of H-pyrrole nitrogens is 1. The lowest BCUT2D eigenvalue weighted by Crippen LogP contribution is -2.09. The minimum Gasteiger partial charge on any atom is -0.394 e. The molecule has 0 saturated heterocycles. The fraction of sp³-hybridized carbons (Fsp3) is 0.222. The molecule has 0 atom stereocenters. The van der Waals surface area contributed by atoms with Gasteiger partial charge >= 0.3 is 0 Å². The second kappa shape index (κ2) is 4.80. The Bertz CT molecular complexity index is 455. The lowest BCUT2D eigenvalue weighted by atomic mass is 10.3. The molecule has 2 heterocycles. The summed E-state index contributed by atoms with van der Waals surface area (Å²) in [7, 11) is 0. The Kier molecular flexibility index (Phi) is 3.21. The highest BCUT2D eigenvalue weighted by molar-refractivity contribution is 6.28. The Balaban J connectivity index is 1.92. The van der Waals surface area contributed by atoms with E-state index in [2.05, 4.69) is 25.3 Å². The van der Waals surface area contributed by atoms with Crippen LogP contribution in [0, 0.1) is 0 Å². The topological polar surface area (TPSA) is 92.5 Å². The highest BCUT2D eigenvalue weighted by Gasteiger charge is 2.02. The maximum atomic E-state index is 5.68. The van der Waals surface area contributed by atoms with Crippen molar-refractivity contribution in [1.82, 2.24) is 19.9 Å². The third-order valence-electron chi connectivity index (χ3n) is 2.03. The molecule has 0 bridgehead atoms. The van der Waals surface area contributed by atoms with E-state index < -0.39 is 0 Å². The van der Waals surface area contributed by atoms with Gasteiger partial charge in [-0.15, -0.1) is 0 Å². The lowest BCUT2D eigenvalue weighted by Gasteiger charge is -2.06. The molecule has 0 aliphatic carbocycles. The maximum absolute atomic E-state index is 5.68. The molecule has 0 aliphatic heterocycles. The first-order valence-corrected chi connectivity index (χ1v) is 5.12. The summed E-state index contributed by atoms with van der Waals surface area (Å²) in [6.07, 6.45) is 5.71. The van der Waals surface area contributed by atoms with Crippen molar-refractivity contribution in [2.45, 2.75) is 6.42 Å². The third-order valence-corrected chi connectivity index (χ3v) is 2.21. The zero-order valence-corrected chi connectivity index (χ0v) is 9.20. The molecule has 0 fully saturated rings. The number of hydrogen-bond donors (Lipinski definition) is 3. The van der Waals surface area contributed by atoms with E-state index in [-0.39, 0.29) is 5.28 Å². The number of hydrogen-bond acceptors (Lipinski definition) is 5. The van der Waals surface area contributed by atoms with Gasteiger partial charge in [0.2, 0.25) is 5.28 Å². The number of rotatable bonds is 4. The first-order valence-electron chi connectivity index (χ1n) is 4.75. The summed E-state index contributed by atoms with van der Waals surface area (Å²) in [4.78, 5) is 14.7. The zero-order valence-electron chi connectivity index (χ0n) is 8.44. The Morgan fingerprint density at radius 2 is 2.31 bits per heavy atom. The predicted octanol–water partition coefficient (Wildman–Crippen LogP) is 1.09. The van der Waals surface area contributed by atoms with Crippen LogP contribution in [0.2, 0.25) is 5.28 Å². The van der Waals surface area contributed by atoms with Crippen molar-refractivity contribution < 1.29 is 0 Å². The van der Waals surface area contributed by atoms with Gasteiger partial charge in [0, 0.05) is 24.9 Å². The molecule has 4 N–H and O–H groups in total. The molecule has 2 aromatic heterocycles. The molecule has 0 spiro atoms. The summed E-state index contributed by atoms with van der Waals surface area (Å²) in [5.74, 6) is 0.555. The molecule has 0 radical (unpaired) electrons.